The summed E-state index contributed by atoms with van der Waals surface area (Å²) in [7, 11) is -11.4. The van der Waals surface area contributed by atoms with E-state index in [2.05, 4.69) is 13.7 Å². The number of carbonyl (C=O) groups excluding carboxylic acids is 2. The molecule has 10 nitrogen and oxygen atoms in total. The highest BCUT2D eigenvalue weighted by molar-refractivity contribution is 7.90. The van der Waals surface area contributed by atoms with Gasteiger partial charge in [0.05, 0.1) is 7.11 Å². The van der Waals surface area contributed by atoms with Crippen LogP contribution < -0.4 is 13.6 Å². The van der Waals surface area contributed by atoms with Crippen molar-refractivity contribution in [2.75, 3.05) is 7.11 Å². The molecule has 0 unspecified atom stereocenters. The minimum atomic E-state index is -6.12. The van der Waals surface area contributed by atoms with Crippen molar-refractivity contribution in [3.05, 3.63) is 23.8 Å². The van der Waals surface area contributed by atoms with E-state index in [1.165, 1.54) is 0 Å². The molecule has 0 fully saturated rings. The molecule has 0 aliphatic heterocycles. The first-order chi connectivity index (χ1) is 14.3. The van der Waals surface area contributed by atoms with Gasteiger partial charge in [0.15, 0.2) is 0 Å². The number of rotatable bonds is 8. The van der Waals surface area contributed by atoms with Gasteiger partial charge in [0.2, 0.25) is 0 Å². The molecule has 182 valence electrons. The highest BCUT2D eigenvalue weighted by Gasteiger charge is 2.49. The second kappa shape index (κ2) is 9.49. The van der Waals surface area contributed by atoms with Crippen LogP contribution in [-0.2, 0) is 40.9 Å². The van der Waals surface area contributed by atoms with Gasteiger partial charge in [-0.15, -0.1) is 0 Å². The molecule has 0 spiro atoms. The summed E-state index contributed by atoms with van der Waals surface area (Å²) in [5.74, 6) is -4.33. The fourth-order valence-corrected chi connectivity index (χ4v) is 3.11. The maximum atomic E-state index is 12.6. The molecule has 1 N–H and O–H groups in total. The van der Waals surface area contributed by atoms with Crippen molar-refractivity contribution in [1.29, 1.82) is 0 Å². The van der Waals surface area contributed by atoms with Crippen molar-refractivity contribution in [2.45, 2.75) is 30.4 Å². The average Bonchev–Trinajstić information content (AvgIpc) is 2.59. The minimum absolute atomic E-state index is 0.391. The van der Waals surface area contributed by atoms with Crippen molar-refractivity contribution in [3.8, 4) is 11.5 Å². The third-order valence-corrected chi connectivity index (χ3v) is 5.48. The van der Waals surface area contributed by atoms with Crippen molar-refractivity contribution in [3.63, 3.8) is 0 Å². The van der Waals surface area contributed by atoms with Gasteiger partial charge in [0, 0.05) is 19.4 Å². The molecule has 1 aromatic carbocycles. The topological polar surface area (TPSA) is 142 Å². The standard InChI is InChI=1S/C14H13F6NO9S2/c1-7(22)29-11-6-9(30-32(26,27)14(18,19)20)4-3-8(11)5-10(12(23)28-2)21-31(24,25)13(15,16)17/h3-4,6,10,21H,5H2,1-2H3/t10-/m0/s1. The Labute approximate surface area is 176 Å². The highest BCUT2D eigenvalue weighted by atomic mass is 32.2. The number of methoxy groups -OCH3 is 1. The molecule has 0 saturated carbocycles. The van der Waals surface area contributed by atoms with Gasteiger partial charge in [-0.25, -0.2) is 8.42 Å². The van der Waals surface area contributed by atoms with Crippen LogP contribution in [0.15, 0.2) is 18.2 Å². The average molecular weight is 517 g/mol. The number of benzene rings is 1. The Morgan fingerprint density at radius 2 is 1.59 bits per heavy atom. The summed E-state index contributed by atoms with van der Waals surface area (Å²) in [6.45, 7) is 0.813. The van der Waals surface area contributed by atoms with Crippen molar-refractivity contribution < 1.29 is 66.4 Å². The number of ether oxygens (including phenoxy) is 2. The van der Waals surface area contributed by atoms with Crippen LogP contribution in [-0.4, -0.2) is 52.9 Å². The quantitative estimate of drug-likeness (QED) is 0.178. The molecule has 32 heavy (non-hydrogen) atoms. The zero-order valence-electron chi connectivity index (χ0n) is 15.8. The van der Waals surface area contributed by atoms with E-state index in [-0.39, 0.29) is 0 Å². The summed E-state index contributed by atoms with van der Waals surface area (Å²) in [4.78, 5) is 23.0. The second-order valence-corrected chi connectivity index (χ2v) is 8.94. The molecular weight excluding hydrogens is 504 g/mol. The number of sulfonamides is 1. The molecule has 0 aliphatic rings. The number of hydrogen-bond donors (Lipinski definition) is 1. The monoisotopic (exact) mass is 517 g/mol. The van der Waals surface area contributed by atoms with Crippen LogP contribution in [0.2, 0.25) is 0 Å². The van der Waals surface area contributed by atoms with E-state index in [9.17, 15) is 52.8 Å². The summed E-state index contributed by atoms with van der Waals surface area (Å²) in [6.07, 6.45) is -0.948. The first-order valence-corrected chi connectivity index (χ1v) is 10.7. The molecule has 0 aromatic heterocycles. The first-order valence-electron chi connectivity index (χ1n) is 7.79. The zero-order chi connectivity index (χ0) is 25.1. The Kier molecular flexibility index (Phi) is 8.14. The van der Waals surface area contributed by atoms with Gasteiger partial charge in [-0.1, -0.05) is 6.07 Å². The second-order valence-electron chi connectivity index (χ2n) is 5.69. The minimum Gasteiger partial charge on any atom is -0.468 e. The van der Waals surface area contributed by atoms with Crippen LogP contribution in [0.5, 0.6) is 11.5 Å². The lowest BCUT2D eigenvalue weighted by atomic mass is 10.1. The Hall–Kier alpha value is -2.60. The summed E-state index contributed by atoms with van der Waals surface area (Å²) in [6, 6.07) is -0.422. The van der Waals surface area contributed by atoms with Crippen LogP contribution in [0.4, 0.5) is 26.3 Å². The third kappa shape index (κ3) is 6.95. The zero-order valence-corrected chi connectivity index (χ0v) is 17.4. The molecule has 0 radical (unpaired) electrons. The SMILES string of the molecule is COC(=O)[C@H](Cc1ccc(OS(=O)(=O)C(F)(F)F)cc1OC(C)=O)NS(=O)(=O)C(F)(F)F. The van der Waals surface area contributed by atoms with Gasteiger partial charge in [-0.2, -0.15) is 39.5 Å². The largest absolute Gasteiger partial charge is 0.534 e. The van der Waals surface area contributed by atoms with Crippen LogP contribution >= 0.6 is 0 Å². The summed E-state index contributed by atoms with van der Waals surface area (Å²) in [5, 5.41) is 0. The fourth-order valence-electron chi connectivity index (χ4n) is 1.97. The normalized spacial score (nSPS) is 13.9. The molecule has 0 heterocycles. The van der Waals surface area contributed by atoms with Crippen molar-refractivity contribution >= 4 is 32.1 Å². The molecule has 0 amide bonds. The number of hydrogen-bond acceptors (Lipinski definition) is 9. The molecular formula is C14H13F6NO9S2. The number of alkyl halides is 6. The fraction of sp³-hybridized carbons (Fsp3) is 0.429. The van der Waals surface area contributed by atoms with Gasteiger partial charge in [-0.3, -0.25) is 9.59 Å². The third-order valence-electron chi connectivity index (χ3n) is 3.29. The smallest absolute Gasteiger partial charge is 0.468 e. The summed E-state index contributed by atoms with van der Waals surface area (Å²) >= 11 is 0. The Morgan fingerprint density at radius 3 is 2.03 bits per heavy atom. The van der Waals surface area contributed by atoms with E-state index in [0.29, 0.717) is 12.1 Å². The number of nitrogens with one attached hydrogen (secondary N) is 1. The van der Waals surface area contributed by atoms with E-state index in [1.54, 1.807) is 0 Å². The first kappa shape index (κ1) is 27.4. The molecule has 0 bridgehead atoms. The van der Waals surface area contributed by atoms with E-state index in [0.717, 1.165) is 24.8 Å². The van der Waals surface area contributed by atoms with E-state index >= 15 is 0 Å². The lowest BCUT2D eigenvalue weighted by molar-refractivity contribution is -0.142. The van der Waals surface area contributed by atoms with Gasteiger partial charge in [-0.05, 0) is 11.6 Å². The molecule has 0 aliphatic carbocycles. The molecule has 1 rings (SSSR count). The Morgan fingerprint density at radius 1 is 1.03 bits per heavy atom. The summed E-state index contributed by atoms with van der Waals surface area (Å²) < 4.78 is 134. The van der Waals surface area contributed by atoms with Gasteiger partial charge in [0.1, 0.15) is 17.5 Å². The maximum Gasteiger partial charge on any atom is 0.534 e. The molecule has 18 heteroatoms. The van der Waals surface area contributed by atoms with E-state index < -0.39 is 72.6 Å². The predicted octanol–water partition coefficient (Wildman–Crippen LogP) is 1.36. The number of halogens is 6. The maximum absolute atomic E-state index is 12.6. The van der Waals surface area contributed by atoms with Gasteiger partial charge >= 0.3 is 43.1 Å². The van der Waals surface area contributed by atoms with Gasteiger partial charge < -0.3 is 13.7 Å². The predicted molar refractivity (Wildman–Crippen MR) is 91.0 cm³/mol. The highest BCUT2D eigenvalue weighted by Crippen LogP contribution is 2.32. The van der Waals surface area contributed by atoms with Crippen molar-refractivity contribution in [2.24, 2.45) is 0 Å². The van der Waals surface area contributed by atoms with E-state index in [4.69, 9.17) is 0 Å². The number of esters is 2. The molecule has 0 saturated heterocycles. The van der Waals surface area contributed by atoms with E-state index in [1.807, 2.05) is 0 Å². The number of carbonyl (C=O) groups is 2. The van der Waals surface area contributed by atoms with Crippen LogP contribution in [0.1, 0.15) is 12.5 Å². The molecule has 1 aromatic rings. The lowest BCUT2D eigenvalue weighted by Gasteiger charge is -2.19. The van der Waals surface area contributed by atoms with Crippen LogP contribution in [0, 0.1) is 0 Å². The Bertz CT molecular complexity index is 1080. The Balaban J connectivity index is 3.39. The van der Waals surface area contributed by atoms with Crippen LogP contribution in [0.25, 0.3) is 0 Å². The lowest BCUT2D eigenvalue weighted by Crippen LogP contribution is -2.48. The van der Waals surface area contributed by atoms with Crippen LogP contribution in [0.3, 0.4) is 0 Å². The van der Waals surface area contributed by atoms with Crippen molar-refractivity contribution in [1.82, 2.24) is 4.72 Å². The molecule has 1 atom stereocenters. The van der Waals surface area contributed by atoms with Gasteiger partial charge in [0.25, 0.3) is 0 Å². The summed E-state index contributed by atoms with van der Waals surface area (Å²) in [5.41, 5.74) is -12.0.